The molecule has 1 aromatic rings. The van der Waals surface area contributed by atoms with Gasteiger partial charge in [-0.2, -0.15) is 11.8 Å². The summed E-state index contributed by atoms with van der Waals surface area (Å²) < 4.78 is 1.40. The number of halogens is 1. The number of hydrogen-bond donors (Lipinski definition) is 1. The minimum atomic E-state index is -0.357. The van der Waals surface area contributed by atoms with Crippen molar-refractivity contribution >= 4 is 23.4 Å². The van der Waals surface area contributed by atoms with Gasteiger partial charge in [0.05, 0.1) is 11.6 Å². The highest BCUT2D eigenvalue weighted by Gasteiger charge is 2.28. The fourth-order valence-electron chi connectivity index (χ4n) is 3.16. The van der Waals surface area contributed by atoms with Crippen LogP contribution in [-0.2, 0) is 0 Å². The highest BCUT2D eigenvalue weighted by Crippen LogP contribution is 2.35. The Kier molecular flexibility index (Phi) is 3.76. The average molecular weight is 301 g/mol. The third-order valence-corrected chi connectivity index (χ3v) is 5.60. The molecule has 1 aliphatic heterocycles. The molecule has 1 aliphatic carbocycles. The van der Waals surface area contributed by atoms with Crippen molar-refractivity contribution in [3.8, 4) is 0 Å². The Hall–Kier alpha value is -0.680. The second-order valence-corrected chi connectivity index (χ2v) is 6.86. The van der Waals surface area contributed by atoms with Gasteiger partial charge in [0.1, 0.15) is 5.15 Å². The van der Waals surface area contributed by atoms with Crippen molar-refractivity contribution in [2.75, 3.05) is 11.5 Å². The van der Waals surface area contributed by atoms with Gasteiger partial charge in [0.25, 0.3) is 5.56 Å². The van der Waals surface area contributed by atoms with Crippen molar-refractivity contribution in [1.29, 1.82) is 0 Å². The molecule has 1 unspecified atom stereocenters. The molecule has 0 spiro atoms. The lowest BCUT2D eigenvalue weighted by Gasteiger charge is -2.16. The van der Waals surface area contributed by atoms with Crippen LogP contribution in [0.4, 0.5) is 0 Å². The first-order valence-electron chi connectivity index (χ1n) is 6.80. The van der Waals surface area contributed by atoms with Crippen LogP contribution < -0.4 is 11.2 Å². The van der Waals surface area contributed by atoms with Crippen molar-refractivity contribution in [3.63, 3.8) is 0 Å². The topological polar surface area (TPSA) is 54.9 Å². The van der Waals surface area contributed by atoms with E-state index in [4.69, 9.17) is 11.6 Å². The molecule has 3 rings (SSSR count). The van der Waals surface area contributed by atoms with Crippen LogP contribution in [0.25, 0.3) is 0 Å². The number of nitrogens with one attached hydrogen (secondary N) is 1. The number of aromatic amines is 1. The van der Waals surface area contributed by atoms with Crippen molar-refractivity contribution in [2.24, 2.45) is 0 Å². The van der Waals surface area contributed by atoms with E-state index in [-0.39, 0.29) is 28.4 Å². The number of H-pyrrole nitrogens is 1. The quantitative estimate of drug-likeness (QED) is 0.854. The van der Waals surface area contributed by atoms with E-state index < -0.39 is 0 Å². The maximum Gasteiger partial charge on any atom is 0.329 e. The summed E-state index contributed by atoms with van der Waals surface area (Å²) in [5, 5.41) is 0.254. The van der Waals surface area contributed by atoms with E-state index in [0.717, 1.165) is 43.6 Å². The molecule has 6 heteroatoms. The third kappa shape index (κ3) is 2.38. The first-order valence-corrected chi connectivity index (χ1v) is 8.33. The van der Waals surface area contributed by atoms with E-state index in [2.05, 4.69) is 4.98 Å². The standard InChI is InChI=1S/C13H17ClN2O2S/c14-11-10(8-3-1-2-4-8)12(17)16(13(18)15-11)9-5-6-19-7-9/h8-9H,1-7H2,(H,15,18). The van der Waals surface area contributed by atoms with Crippen LogP contribution in [0.3, 0.4) is 0 Å². The summed E-state index contributed by atoms with van der Waals surface area (Å²) in [7, 11) is 0. The van der Waals surface area contributed by atoms with E-state index in [1.165, 1.54) is 4.57 Å². The van der Waals surface area contributed by atoms with E-state index >= 15 is 0 Å². The Morgan fingerprint density at radius 2 is 1.95 bits per heavy atom. The molecule has 2 fully saturated rings. The molecule has 1 aromatic heterocycles. The Morgan fingerprint density at radius 1 is 1.21 bits per heavy atom. The van der Waals surface area contributed by atoms with Gasteiger partial charge >= 0.3 is 5.69 Å². The Morgan fingerprint density at radius 3 is 2.58 bits per heavy atom. The lowest BCUT2D eigenvalue weighted by atomic mass is 10.0. The molecule has 2 aliphatic rings. The van der Waals surface area contributed by atoms with Crippen LogP contribution in [0.5, 0.6) is 0 Å². The zero-order chi connectivity index (χ0) is 13.4. The molecule has 0 amide bonds. The van der Waals surface area contributed by atoms with Gasteiger partial charge in [-0.25, -0.2) is 4.79 Å². The lowest BCUT2D eigenvalue weighted by molar-refractivity contribution is 0.503. The van der Waals surface area contributed by atoms with Gasteiger partial charge in [-0.1, -0.05) is 24.4 Å². The van der Waals surface area contributed by atoms with E-state index in [1.54, 1.807) is 11.8 Å². The van der Waals surface area contributed by atoms with E-state index in [9.17, 15) is 9.59 Å². The minimum Gasteiger partial charge on any atom is -0.297 e. The van der Waals surface area contributed by atoms with Gasteiger partial charge in [-0.3, -0.25) is 14.3 Å². The van der Waals surface area contributed by atoms with E-state index in [1.807, 2.05) is 0 Å². The van der Waals surface area contributed by atoms with Gasteiger partial charge in [0.15, 0.2) is 0 Å². The van der Waals surface area contributed by atoms with Crippen molar-refractivity contribution in [1.82, 2.24) is 9.55 Å². The first kappa shape index (κ1) is 13.3. The van der Waals surface area contributed by atoms with Crippen LogP contribution in [0, 0.1) is 0 Å². The zero-order valence-electron chi connectivity index (χ0n) is 10.7. The molecule has 1 atom stereocenters. The fraction of sp³-hybridized carbons (Fsp3) is 0.692. The summed E-state index contributed by atoms with van der Waals surface area (Å²) in [6.07, 6.45) is 5.16. The summed E-state index contributed by atoms with van der Waals surface area (Å²) in [6, 6.07) is 0.0265. The molecule has 1 N–H and O–H groups in total. The summed E-state index contributed by atoms with van der Waals surface area (Å²) in [5.41, 5.74) is 0.119. The minimum absolute atomic E-state index is 0.0265. The predicted molar refractivity (Wildman–Crippen MR) is 78.5 cm³/mol. The van der Waals surface area contributed by atoms with Gasteiger partial charge in [0, 0.05) is 5.75 Å². The highest BCUT2D eigenvalue weighted by molar-refractivity contribution is 7.99. The maximum atomic E-state index is 12.6. The van der Waals surface area contributed by atoms with Crippen LogP contribution >= 0.6 is 23.4 Å². The highest BCUT2D eigenvalue weighted by atomic mass is 35.5. The number of aromatic nitrogens is 2. The number of hydrogen-bond acceptors (Lipinski definition) is 3. The van der Waals surface area contributed by atoms with Gasteiger partial charge in [-0.05, 0) is 30.9 Å². The van der Waals surface area contributed by atoms with E-state index in [0.29, 0.717) is 5.56 Å². The fourth-order valence-corrected chi connectivity index (χ4v) is 4.67. The summed E-state index contributed by atoms with van der Waals surface area (Å²) in [4.78, 5) is 27.3. The van der Waals surface area contributed by atoms with Gasteiger partial charge in [-0.15, -0.1) is 0 Å². The summed E-state index contributed by atoms with van der Waals surface area (Å²) >= 11 is 7.91. The van der Waals surface area contributed by atoms with Crippen LogP contribution in [0.2, 0.25) is 5.15 Å². The molecule has 1 saturated heterocycles. The predicted octanol–water partition coefficient (Wildman–Crippen LogP) is 2.53. The zero-order valence-corrected chi connectivity index (χ0v) is 12.2. The van der Waals surface area contributed by atoms with Crippen LogP contribution in [-0.4, -0.2) is 21.1 Å². The molecule has 4 nitrogen and oxygen atoms in total. The normalized spacial score (nSPS) is 24.2. The van der Waals surface area contributed by atoms with Gasteiger partial charge < -0.3 is 0 Å². The smallest absolute Gasteiger partial charge is 0.297 e. The van der Waals surface area contributed by atoms with Crippen LogP contribution in [0.1, 0.15) is 49.6 Å². The molecular weight excluding hydrogens is 284 g/mol. The number of rotatable bonds is 2. The molecule has 19 heavy (non-hydrogen) atoms. The molecule has 0 radical (unpaired) electrons. The molecule has 0 bridgehead atoms. The summed E-state index contributed by atoms with van der Waals surface area (Å²) in [6.45, 7) is 0. The molecule has 104 valence electrons. The van der Waals surface area contributed by atoms with Crippen molar-refractivity contribution in [3.05, 3.63) is 31.6 Å². The maximum absolute atomic E-state index is 12.6. The van der Waals surface area contributed by atoms with Crippen molar-refractivity contribution in [2.45, 2.75) is 44.1 Å². The van der Waals surface area contributed by atoms with Crippen LogP contribution in [0.15, 0.2) is 9.59 Å². The number of nitrogens with zero attached hydrogens (tertiary/aromatic N) is 1. The second-order valence-electron chi connectivity index (χ2n) is 5.33. The molecule has 1 saturated carbocycles. The monoisotopic (exact) mass is 300 g/mol. The number of thioether (sulfide) groups is 1. The Bertz CT molecular complexity index is 583. The summed E-state index contributed by atoms with van der Waals surface area (Å²) in [5.74, 6) is 2.07. The van der Waals surface area contributed by atoms with Gasteiger partial charge in [0.2, 0.25) is 0 Å². The van der Waals surface area contributed by atoms with Crippen molar-refractivity contribution < 1.29 is 0 Å². The SMILES string of the molecule is O=c1[nH]c(Cl)c(C2CCCC2)c(=O)n1C1CCSC1. The second kappa shape index (κ2) is 5.37. The lowest BCUT2D eigenvalue weighted by Crippen LogP contribution is -2.40. The Labute approximate surface area is 120 Å². The average Bonchev–Trinajstić information content (AvgIpc) is 3.00. The first-order chi connectivity index (χ1) is 9.18. The molecular formula is C13H17ClN2O2S. The molecule has 0 aromatic carbocycles. The molecule has 2 heterocycles. The Balaban J connectivity index is 2.11. The third-order valence-electron chi connectivity index (χ3n) is 4.16. The largest absolute Gasteiger partial charge is 0.329 e.